The molecule has 0 unspecified atom stereocenters. The molecule has 6 heterocycles. The number of rotatable bonds is 2. The summed E-state index contributed by atoms with van der Waals surface area (Å²) < 4.78 is 10.2. The van der Waals surface area contributed by atoms with E-state index in [0.29, 0.717) is 0 Å². The van der Waals surface area contributed by atoms with Crippen molar-refractivity contribution in [1.82, 2.24) is 17.9 Å². The van der Waals surface area contributed by atoms with Crippen LogP contribution in [0.5, 0.6) is 0 Å². The Morgan fingerprint density at radius 3 is 1.05 bits per heavy atom. The Bertz CT molecular complexity index is 3580. The number of hydrogen-bond acceptors (Lipinski definition) is 0. The van der Waals surface area contributed by atoms with Gasteiger partial charge in [-0.1, -0.05) is 114 Å². The first-order valence-corrected chi connectivity index (χ1v) is 20.6. The molecular weight excluding hydrogens is 705 g/mol. The highest BCUT2D eigenvalue weighted by Gasteiger charge is 2.31. The van der Waals surface area contributed by atoms with Gasteiger partial charge in [-0.2, -0.15) is 0 Å². The summed E-state index contributed by atoms with van der Waals surface area (Å²) in [5.41, 5.74) is 15.1. The lowest BCUT2D eigenvalue weighted by Gasteiger charge is -2.19. The second-order valence-corrected chi connectivity index (χ2v) is 18.7. The van der Waals surface area contributed by atoms with E-state index in [1.54, 1.807) is 0 Å². The van der Waals surface area contributed by atoms with Crippen molar-refractivity contribution in [2.45, 2.75) is 52.4 Å². The number of nitrogens with zero attached hydrogens (tertiary/aromatic N) is 4. The topological polar surface area (TPSA) is 18.7 Å². The SMILES string of the molecule is CC(C)(C)c1cc2c3c(cc4c5cc6c(cc5n1c42)c1cc2c4ccccc4n(-c4ccccc4)c2c2cc(C(C)(C)C)n6c12)c1ccccc1n3-c1ccccc1. The number of benzene rings is 7. The van der Waals surface area contributed by atoms with E-state index in [-0.39, 0.29) is 10.8 Å². The van der Waals surface area contributed by atoms with Crippen LogP contribution in [0.15, 0.2) is 146 Å². The minimum absolute atomic E-state index is 0.0943. The van der Waals surface area contributed by atoms with E-state index in [1.807, 2.05) is 0 Å². The van der Waals surface area contributed by atoms with Crippen molar-refractivity contribution in [2.24, 2.45) is 0 Å². The van der Waals surface area contributed by atoms with Gasteiger partial charge in [-0.25, -0.2) is 0 Å². The highest BCUT2D eigenvalue weighted by molar-refractivity contribution is 6.32. The monoisotopic (exact) mass is 746 g/mol. The molecule has 0 saturated carbocycles. The molecule has 0 amide bonds. The number of hydrogen-bond donors (Lipinski definition) is 0. The maximum Gasteiger partial charge on any atom is 0.0635 e. The van der Waals surface area contributed by atoms with E-state index in [2.05, 4.69) is 205 Å². The van der Waals surface area contributed by atoms with Crippen LogP contribution in [0.3, 0.4) is 0 Å². The maximum absolute atomic E-state index is 2.61. The highest BCUT2D eigenvalue weighted by atomic mass is 15.0. The lowest BCUT2D eigenvalue weighted by Crippen LogP contribution is -2.14. The molecule has 0 radical (unpaired) electrons. The van der Waals surface area contributed by atoms with Gasteiger partial charge in [-0.15, -0.1) is 0 Å². The molecule has 4 nitrogen and oxygen atoms in total. The van der Waals surface area contributed by atoms with E-state index in [9.17, 15) is 0 Å². The van der Waals surface area contributed by atoms with Crippen molar-refractivity contribution in [3.05, 3.63) is 157 Å². The van der Waals surface area contributed by atoms with Gasteiger partial charge < -0.3 is 17.9 Å². The molecule has 0 aliphatic rings. The minimum Gasteiger partial charge on any atom is -0.312 e. The van der Waals surface area contributed by atoms with Gasteiger partial charge in [-0.3, -0.25) is 0 Å². The van der Waals surface area contributed by atoms with Gasteiger partial charge in [0, 0.05) is 87.5 Å². The molecule has 278 valence electrons. The summed E-state index contributed by atoms with van der Waals surface area (Å²) in [7, 11) is 0. The molecule has 7 aromatic carbocycles. The number of fused-ring (bicyclic) bond motifs is 14. The Morgan fingerprint density at radius 2 is 0.655 bits per heavy atom. The predicted molar refractivity (Wildman–Crippen MR) is 247 cm³/mol. The number of para-hydroxylation sites is 4. The van der Waals surface area contributed by atoms with Crippen molar-refractivity contribution in [2.75, 3.05) is 0 Å². The van der Waals surface area contributed by atoms with Gasteiger partial charge in [0.25, 0.3) is 0 Å². The molecule has 0 aliphatic carbocycles. The first-order chi connectivity index (χ1) is 28.1. The zero-order valence-corrected chi connectivity index (χ0v) is 33.6. The summed E-state index contributed by atoms with van der Waals surface area (Å²) in [6.07, 6.45) is 0. The zero-order chi connectivity index (χ0) is 39.0. The largest absolute Gasteiger partial charge is 0.312 e. The van der Waals surface area contributed by atoms with Crippen molar-refractivity contribution in [3.8, 4) is 11.4 Å². The summed E-state index contributed by atoms with van der Waals surface area (Å²) in [6, 6.07) is 54.7. The Labute approximate surface area is 335 Å². The van der Waals surface area contributed by atoms with Crippen molar-refractivity contribution in [3.63, 3.8) is 0 Å². The van der Waals surface area contributed by atoms with Crippen molar-refractivity contribution < 1.29 is 0 Å². The highest BCUT2D eigenvalue weighted by Crippen LogP contribution is 2.49. The van der Waals surface area contributed by atoms with Crippen molar-refractivity contribution in [1.29, 1.82) is 0 Å². The van der Waals surface area contributed by atoms with Crippen LogP contribution in [-0.4, -0.2) is 17.9 Å². The Morgan fingerprint density at radius 1 is 0.293 bits per heavy atom. The van der Waals surface area contributed by atoms with Gasteiger partial charge in [0.2, 0.25) is 0 Å². The van der Waals surface area contributed by atoms with Crippen LogP contribution in [-0.2, 0) is 10.8 Å². The summed E-state index contributed by atoms with van der Waals surface area (Å²) in [5, 5.41) is 13.0. The van der Waals surface area contributed by atoms with E-state index in [0.717, 1.165) is 0 Å². The molecule has 0 aliphatic heterocycles. The molecule has 0 fully saturated rings. The fraction of sp³-hybridized carbons (Fsp3) is 0.148. The Kier molecular flexibility index (Phi) is 5.90. The standard InChI is InChI=1S/C54H42N4/c1-53(2,3)47-29-41-49-37(33-21-13-15-23-43(33)55(49)31-17-9-7-10-18-31)25-39-35-28-46-36(27-45(35)57(47)51(39)41)40-26-38-34-22-14-16-24-44(34)56(32-19-11-8-12-20-32)50(38)42-30-48(54(4,5)6)58(46)52(40)42/h7-30H,1-6H3. The molecule has 13 rings (SSSR count). The number of aromatic nitrogens is 4. The third kappa shape index (κ3) is 3.90. The van der Waals surface area contributed by atoms with Gasteiger partial charge in [0.05, 0.1) is 44.1 Å². The van der Waals surface area contributed by atoms with Crippen molar-refractivity contribution >= 4 is 98.0 Å². The normalized spacial score (nSPS) is 13.3. The molecular formula is C54H42N4. The summed E-state index contributed by atoms with van der Waals surface area (Å²) in [4.78, 5) is 0. The first-order valence-electron chi connectivity index (χ1n) is 20.6. The zero-order valence-electron chi connectivity index (χ0n) is 33.6. The summed E-state index contributed by atoms with van der Waals surface area (Å²) >= 11 is 0. The Hall–Kier alpha value is -6.78. The van der Waals surface area contributed by atoms with E-state index < -0.39 is 0 Å². The van der Waals surface area contributed by atoms with Crippen LogP contribution in [0, 0.1) is 0 Å². The summed E-state index contributed by atoms with van der Waals surface area (Å²) in [6.45, 7) is 14.2. The van der Waals surface area contributed by atoms with E-state index >= 15 is 0 Å². The predicted octanol–water partition coefficient (Wildman–Crippen LogP) is 14.5. The molecule has 0 spiro atoms. The van der Waals surface area contributed by atoms with Crippen LogP contribution in [0.1, 0.15) is 52.9 Å². The lowest BCUT2D eigenvalue weighted by molar-refractivity contribution is 0.567. The molecule has 4 heteroatoms. The second kappa shape index (κ2) is 10.6. The maximum atomic E-state index is 2.61. The van der Waals surface area contributed by atoms with E-state index in [1.165, 1.54) is 121 Å². The molecule has 13 aromatic rings. The first kappa shape index (κ1) is 32.3. The molecule has 0 N–H and O–H groups in total. The Balaban J connectivity index is 1.25. The molecule has 6 aromatic heterocycles. The smallest absolute Gasteiger partial charge is 0.0635 e. The molecule has 58 heavy (non-hydrogen) atoms. The third-order valence-corrected chi connectivity index (χ3v) is 13.2. The fourth-order valence-corrected chi connectivity index (χ4v) is 10.8. The van der Waals surface area contributed by atoms with Gasteiger partial charge in [0.1, 0.15) is 0 Å². The van der Waals surface area contributed by atoms with Crippen LogP contribution in [0.4, 0.5) is 0 Å². The van der Waals surface area contributed by atoms with Crippen LogP contribution in [0.25, 0.3) is 109 Å². The van der Waals surface area contributed by atoms with E-state index in [4.69, 9.17) is 0 Å². The van der Waals surface area contributed by atoms with Gasteiger partial charge in [0.15, 0.2) is 0 Å². The van der Waals surface area contributed by atoms with Gasteiger partial charge in [-0.05, 0) is 72.8 Å². The molecule has 0 bridgehead atoms. The van der Waals surface area contributed by atoms with Crippen LogP contribution in [0.2, 0.25) is 0 Å². The van der Waals surface area contributed by atoms with Crippen LogP contribution >= 0.6 is 0 Å². The summed E-state index contributed by atoms with van der Waals surface area (Å²) in [5.74, 6) is 0. The van der Waals surface area contributed by atoms with Crippen LogP contribution < -0.4 is 0 Å². The van der Waals surface area contributed by atoms with Gasteiger partial charge >= 0.3 is 0 Å². The molecule has 0 atom stereocenters. The molecule has 0 saturated heterocycles. The quantitative estimate of drug-likeness (QED) is 0.168. The average molecular weight is 747 g/mol. The third-order valence-electron chi connectivity index (χ3n) is 13.2. The lowest BCUT2D eigenvalue weighted by atomic mass is 9.91. The minimum atomic E-state index is -0.0943. The fourth-order valence-electron chi connectivity index (χ4n) is 10.8. The average Bonchev–Trinajstić information content (AvgIpc) is 4.06. The second-order valence-electron chi connectivity index (χ2n) is 18.7.